The molecule has 0 fully saturated rings. The summed E-state index contributed by atoms with van der Waals surface area (Å²) in [5.74, 6) is -0.0420. The fourth-order valence-corrected chi connectivity index (χ4v) is 2.38. The quantitative estimate of drug-likeness (QED) is 0.453. The average molecular weight is 232 g/mol. The fourth-order valence-electron chi connectivity index (χ4n) is 0.793. The number of ketones is 1. The van der Waals surface area contributed by atoms with Gasteiger partial charge in [-0.2, -0.15) is 0 Å². The Morgan fingerprint density at radius 1 is 1.27 bits per heavy atom. The average Bonchev–Trinajstić information content (AvgIpc) is 2.21. The molecule has 0 aliphatic heterocycles. The first-order valence-electron chi connectivity index (χ1n) is 4.63. The fraction of sp³-hybridized carbons (Fsp3) is 0.500. The number of carbonyl (C=O) groups excluding carboxylic acids is 1. The van der Waals surface area contributed by atoms with Crippen LogP contribution in [0.1, 0.15) is 13.3 Å². The van der Waals surface area contributed by atoms with Gasteiger partial charge < -0.3 is 13.8 Å². The molecule has 0 bridgehead atoms. The number of hydrogen-bond donors (Lipinski definition) is 0. The normalized spacial score (nSPS) is 11.0. The molecular formula is C10H17O4P. The Morgan fingerprint density at radius 2 is 1.73 bits per heavy atom. The molecule has 0 spiro atoms. The van der Waals surface area contributed by atoms with Gasteiger partial charge in [0.25, 0.3) is 0 Å². The second kappa shape index (κ2) is 7.57. The van der Waals surface area contributed by atoms with Crippen LogP contribution in [-0.4, -0.2) is 25.2 Å². The van der Waals surface area contributed by atoms with Gasteiger partial charge in [-0.3, -0.25) is 4.57 Å². The molecule has 0 rings (SSSR count). The molecule has 15 heavy (non-hydrogen) atoms. The first kappa shape index (κ1) is 14.3. The van der Waals surface area contributed by atoms with E-state index in [1.54, 1.807) is 0 Å². The van der Waals surface area contributed by atoms with Gasteiger partial charge in [-0.15, -0.1) is 13.2 Å². The Hall–Kier alpha value is -0.700. The van der Waals surface area contributed by atoms with Crippen molar-refractivity contribution < 1.29 is 18.4 Å². The van der Waals surface area contributed by atoms with Gasteiger partial charge in [-0.1, -0.05) is 12.2 Å². The molecule has 0 aromatic rings. The molecule has 4 nitrogen and oxygen atoms in total. The van der Waals surface area contributed by atoms with Crippen LogP contribution in [0, 0.1) is 0 Å². The molecule has 0 saturated heterocycles. The highest BCUT2D eigenvalue weighted by Gasteiger charge is 2.23. The number of carbonyl (C=O) groups is 1. The van der Waals surface area contributed by atoms with Crippen LogP contribution >= 0.6 is 7.60 Å². The van der Waals surface area contributed by atoms with E-state index >= 15 is 0 Å². The van der Waals surface area contributed by atoms with Gasteiger partial charge in [-0.25, -0.2) is 0 Å². The standard InChI is InChI=1S/C10H17O4P/c1-4-7-13-15(12,14-8-5-2)9-6-10(3)11/h4-5H,1-2,6-9H2,3H3. The van der Waals surface area contributed by atoms with Crippen molar-refractivity contribution in [1.82, 2.24) is 0 Å². The van der Waals surface area contributed by atoms with E-state index in [4.69, 9.17) is 9.05 Å². The number of Topliss-reactive ketones (excluding diaryl/α,β-unsaturated/α-hetero) is 1. The summed E-state index contributed by atoms with van der Waals surface area (Å²) in [6, 6.07) is 0. The molecule has 5 heteroatoms. The van der Waals surface area contributed by atoms with Gasteiger partial charge in [0, 0.05) is 6.42 Å². The van der Waals surface area contributed by atoms with Crippen LogP contribution in [-0.2, 0) is 18.4 Å². The van der Waals surface area contributed by atoms with Gasteiger partial charge in [0.2, 0.25) is 0 Å². The molecule has 86 valence electrons. The third-order valence-electron chi connectivity index (χ3n) is 1.52. The Morgan fingerprint density at radius 3 is 2.07 bits per heavy atom. The third kappa shape index (κ3) is 7.25. The zero-order chi connectivity index (χ0) is 11.7. The summed E-state index contributed by atoms with van der Waals surface area (Å²) in [5.41, 5.74) is 0. The van der Waals surface area contributed by atoms with E-state index in [0.29, 0.717) is 0 Å². The van der Waals surface area contributed by atoms with E-state index in [2.05, 4.69) is 13.2 Å². The Bertz CT molecular complexity index is 257. The van der Waals surface area contributed by atoms with Crippen molar-refractivity contribution >= 4 is 13.4 Å². The Labute approximate surface area is 90.5 Å². The van der Waals surface area contributed by atoms with Crippen LogP contribution < -0.4 is 0 Å². The third-order valence-corrected chi connectivity index (χ3v) is 3.37. The summed E-state index contributed by atoms with van der Waals surface area (Å²) in [6.07, 6.45) is 3.25. The molecule has 0 aliphatic carbocycles. The monoisotopic (exact) mass is 232 g/mol. The van der Waals surface area contributed by atoms with Crippen molar-refractivity contribution in [2.24, 2.45) is 0 Å². The predicted molar refractivity (Wildman–Crippen MR) is 60.1 cm³/mol. The largest absolute Gasteiger partial charge is 0.331 e. The zero-order valence-electron chi connectivity index (χ0n) is 8.98. The van der Waals surface area contributed by atoms with Crippen molar-refractivity contribution in [2.75, 3.05) is 19.4 Å². The molecule has 0 unspecified atom stereocenters. The SMILES string of the molecule is C=CCOP(=O)(CCC(C)=O)OCC=C. The van der Waals surface area contributed by atoms with E-state index in [-0.39, 0.29) is 31.6 Å². The molecule has 0 aliphatic rings. The van der Waals surface area contributed by atoms with E-state index in [1.165, 1.54) is 19.1 Å². The first-order chi connectivity index (χ1) is 7.04. The van der Waals surface area contributed by atoms with E-state index in [1.807, 2.05) is 0 Å². The predicted octanol–water partition coefficient (Wildman–Crippen LogP) is 2.56. The van der Waals surface area contributed by atoms with Gasteiger partial charge in [0.1, 0.15) is 5.78 Å². The molecule has 0 amide bonds. The lowest BCUT2D eigenvalue weighted by Crippen LogP contribution is -2.04. The van der Waals surface area contributed by atoms with Gasteiger partial charge in [0.15, 0.2) is 0 Å². The minimum atomic E-state index is -3.17. The summed E-state index contributed by atoms with van der Waals surface area (Å²) in [5, 5.41) is 0. The number of hydrogen-bond acceptors (Lipinski definition) is 4. The van der Waals surface area contributed by atoms with E-state index in [0.717, 1.165) is 0 Å². The van der Waals surface area contributed by atoms with Crippen LogP contribution in [0.25, 0.3) is 0 Å². The van der Waals surface area contributed by atoms with E-state index in [9.17, 15) is 9.36 Å². The minimum absolute atomic E-state index is 0.0420. The van der Waals surface area contributed by atoms with Crippen LogP contribution in [0.15, 0.2) is 25.3 Å². The first-order valence-corrected chi connectivity index (χ1v) is 6.36. The maximum atomic E-state index is 11.9. The van der Waals surface area contributed by atoms with Crippen LogP contribution in [0.2, 0.25) is 0 Å². The molecule has 0 aromatic heterocycles. The smallest absolute Gasteiger partial charge is 0.304 e. The summed E-state index contributed by atoms with van der Waals surface area (Å²) in [6.45, 7) is 8.63. The maximum Gasteiger partial charge on any atom is 0.331 e. The second-order valence-electron chi connectivity index (χ2n) is 2.96. The summed E-state index contributed by atoms with van der Waals surface area (Å²) in [4.78, 5) is 10.8. The highest BCUT2D eigenvalue weighted by atomic mass is 31.2. The summed E-state index contributed by atoms with van der Waals surface area (Å²) < 4.78 is 22.0. The van der Waals surface area contributed by atoms with Crippen LogP contribution in [0.3, 0.4) is 0 Å². The molecule has 0 aromatic carbocycles. The molecule has 0 heterocycles. The number of rotatable bonds is 9. The van der Waals surface area contributed by atoms with Gasteiger partial charge >= 0.3 is 7.60 Å². The summed E-state index contributed by atoms with van der Waals surface area (Å²) in [7, 11) is -3.17. The Balaban J connectivity index is 4.25. The Kier molecular flexibility index (Phi) is 7.22. The molecular weight excluding hydrogens is 215 g/mol. The van der Waals surface area contributed by atoms with Gasteiger partial charge in [0.05, 0.1) is 19.4 Å². The molecule has 0 N–H and O–H groups in total. The van der Waals surface area contributed by atoms with Gasteiger partial charge in [-0.05, 0) is 6.92 Å². The van der Waals surface area contributed by atoms with E-state index < -0.39 is 7.60 Å². The topological polar surface area (TPSA) is 52.6 Å². The maximum absolute atomic E-state index is 11.9. The van der Waals surface area contributed by atoms with Crippen molar-refractivity contribution in [3.05, 3.63) is 25.3 Å². The lowest BCUT2D eigenvalue weighted by molar-refractivity contribution is -0.116. The lowest BCUT2D eigenvalue weighted by atomic mass is 10.4. The molecule has 0 radical (unpaired) electrons. The second-order valence-corrected chi connectivity index (χ2v) is 5.14. The highest BCUT2D eigenvalue weighted by Crippen LogP contribution is 2.48. The summed E-state index contributed by atoms with van der Waals surface area (Å²) >= 11 is 0. The molecule has 0 atom stereocenters. The molecule has 0 saturated carbocycles. The van der Waals surface area contributed by atoms with Crippen molar-refractivity contribution in [3.8, 4) is 0 Å². The van der Waals surface area contributed by atoms with Crippen molar-refractivity contribution in [3.63, 3.8) is 0 Å². The lowest BCUT2D eigenvalue weighted by Gasteiger charge is -2.16. The van der Waals surface area contributed by atoms with Crippen LogP contribution in [0.4, 0.5) is 0 Å². The van der Waals surface area contributed by atoms with Crippen molar-refractivity contribution in [2.45, 2.75) is 13.3 Å². The highest BCUT2D eigenvalue weighted by molar-refractivity contribution is 7.53. The minimum Gasteiger partial charge on any atom is -0.304 e. The zero-order valence-corrected chi connectivity index (χ0v) is 9.87. The van der Waals surface area contributed by atoms with Crippen molar-refractivity contribution in [1.29, 1.82) is 0 Å². The van der Waals surface area contributed by atoms with Crippen LogP contribution in [0.5, 0.6) is 0 Å².